The molecule has 2 aromatic carbocycles. The van der Waals surface area contributed by atoms with Crippen LogP contribution < -0.4 is 0 Å². The quantitative estimate of drug-likeness (QED) is 0.591. The van der Waals surface area contributed by atoms with Gasteiger partial charge in [0.2, 0.25) is 0 Å². The topological polar surface area (TPSA) is 44.0 Å². The third kappa shape index (κ3) is 3.25. The van der Waals surface area contributed by atoms with Gasteiger partial charge in [-0.1, -0.05) is 30.3 Å². The first kappa shape index (κ1) is 13.9. The SMILES string of the molecule is N#C/C(=C\c1cc(Br)c(O)c(Br)c1)c1ccccc1. The average molecular weight is 379 g/mol. The van der Waals surface area contributed by atoms with Crippen LogP contribution in [0.25, 0.3) is 11.6 Å². The molecule has 2 rings (SSSR count). The Kier molecular flexibility index (Phi) is 4.41. The number of nitrogens with zero attached hydrogens (tertiary/aromatic N) is 1. The molecule has 94 valence electrons. The van der Waals surface area contributed by atoms with Crippen molar-refractivity contribution in [3.8, 4) is 11.8 Å². The average Bonchev–Trinajstić information content (AvgIpc) is 2.43. The van der Waals surface area contributed by atoms with Gasteiger partial charge in [-0.2, -0.15) is 5.26 Å². The molecular formula is C15H9Br2NO. The van der Waals surface area contributed by atoms with Gasteiger partial charge in [-0.3, -0.25) is 0 Å². The van der Waals surface area contributed by atoms with Gasteiger partial charge in [0.15, 0.2) is 0 Å². The van der Waals surface area contributed by atoms with Crippen LogP contribution in [0, 0.1) is 11.3 Å². The van der Waals surface area contributed by atoms with Gasteiger partial charge < -0.3 is 5.11 Å². The molecule has 0 spiro atoms. The number of phenols is 1. The highest BCUT2D eigenvalue weighted by molar-refractivity contribution is 9.11. The third-order valence-corrected chi connectivity index (χ3v) is 3.76. The summed E-state index contributed by atoms with van der Waals surface area (Å²) in [6.45, 7) is 0. The van der Waals surface area contributed by atoms with Crippen LogP contribution in [-0.2, 0) is 0 Å². The molecular weight excluding hydrogens is 370 g/mol. The first-order valence-corrected chi connectivity index (χ1v) is 7.05. The van der Waals surface area contributed by atoms with E-state index in [-0.39, 0.29) is 5.75 Å². The summed E-state index contributed by atoms with van der Waals surface area (Å²) in [6.07, 6.45) is 1.78. The molecule has 1 N–H and O–H groups in total. The summed E-state index contributed by atoms with van der Waals surface area (Å²) in [6, 6.07) is 15.2. The zero-order valence-electron chi connectivity index (χ0n) is 9.77. The zero-order chi connectivity index (χ0) is 13.8. The lowest BCUT2D eigenvalue weighted by Gasteiger charge is -2.04. The molecule has 0 bridgehead atoms. The molecule has 2 nitrogen and oxygen atoms in total. The van der Waals surface area contributed by atoms with Gasteiger partial charge in [-0.25, -0.2) is 0 Å². The molecule has 0 radical (unpaired) electrons. The van der Waals surface area contributed by atoms with E-state index in [1.165, 1.54) is 0 Å². The predicted molar refractivity (Wildman–Crippen MR) is 83.4 cm³/mol. The van der Waals surface area contributed by atoms with Crippen LogP contribution >= 0.6 is 31.9 Å². The maximum absolute atomic E-state index is 9.66. The second kappa shape index (κ2) is 6.05. The van der Waals surface area contributed by atoms with Crippen LogP contribution in [0.15, 0.2) is 51.4 Å². The molecule has 0 fully saturated rings. The summed E-state index contributed by atoms with van der Waals surface area (Å²) >= 11 is 6.55. The number of nitriles is 1. The molecule has 0 heterocycles. The van der Waals surface area contributed by atoms with Crippen molar-refractivity contribution in [2.24, 2.45) is 0 Å². The number of rotatable bonds is 2. The number of hydrogen-bond donors (Lipinski definition) is 1. The smallest absolute Gasteiger partial charge is 0.143 e. The molecule has 0 aliphatic rings. The highest BCUT2D eigenvalue weighted by Crippen LogP contribution is 2.34. The summed E-state index contributed by atoms with van der Waals surface area (Å²) in [5, 5.41) is 18.9. The Morgan fingerprint density at radius 3 is 2.21 bits per heavy atom. The zero-order valence-corrected chi connectivity index (χ0v) is 12.9. The third-order valence-electron chi connectivity index (χ3n) is 2.56. The minimum Gasteiger partial charge on any atom is -0.506 e. The molecule has 0 unspecified atom stereocenters. The monoisotopic (exact) mass is 377 g/mol. The molecule has 0 aliphatic heterocycles. The van der Waals surface area contributed by atoms with Crippen molar-refractivity contribution in [1.82, 2.24) is 0 Å². The Morgan fingerprint density at radius 1 is 1.11 bits per heavy atom. The summed E-state index contributed by atoms with van der Waals surface area (Å²) < 4.78 is 1.16. The van der Waals surface area contributed by atoms with Crippen molar-refractivity contribution < 1.29 is 5.11 Å². The predicted octanol–water partition coefficient (Wildman–Crippen LogP) is 4.98. The standard InChI is InChI=1S/C15H9Br2NO/c16-13-7-10(8-14(17)15(13)19)6-12(9-18)11-4-2-1-3-5-11/h1-8,19H/b12-6+. The molecule has 2 aromatic rings. The van der Waals surface area contributed by atoms with Crippen molar-refractivity contribution in [3.63, 3.8) is 0 Å². The fraction of sp³-hybridized carbons (Fsp3) is 0. The normalized spacial score (nSPS) is 11.1. The van der Waals surface area contributed by atoms with Crippen LogP contribution in [0.4, 0.5) is 0 Å². The van der Waals surface area contributed by atoms with Gasteiger partial charge >= 0.3 is 0 Å². The van der Waals surface area contributed by atoms with Gasteiger partial charge in [0, 0.05) is 0 Å². The van der Waals surface area contributed by atoms with Gasteiger partial charge in [-0.15, -0.1) is 0 Å². The van der Waals surface area contributed by atoms with Crippen LogP contribution in [0.5, 0.6) is 5.75 Å². The van der Waals surface area contributed by atoms with E-state index in [2.05, 4.69) is 37.9 Å². The minimum atomic E-state index is 0.148. The Bertz CT molecular complexity index is 649. The molecule has 0 saturated heterocycles. The first-order valence-electron chi connectivity index (χ1n) is 5.47. The molecule has 19 heavy (non-hydrogen) atoms. The Balaban J connectivity index is 2.48. The van der Waals surface area contributed by atoms with Crippen LogP contribution in [-0.4, -0.2) is 5.11 Å². The van der Waals surface area contributed by atoms with E-state index >= 15 is 0 Å². The number of aromatic hydroxyl groups is 1. The lowest BCUT2D eigenvalue weighted by molar-refractivity contribution is 0.468. The van der Waals surface area contributed by atoms with Gasteiger partial charge in [-0.05, 0) is 61.2 Å². The van der Waals surface area contributed by atoms with Crippen molar-refractivity contribution in [1.29, 1.82) is 5.26 Å². The second-order valence-electron chi connectivity index (χ2n) is 3.87. The van der Waals surface area contributed by atoms with E-state index in [1.807, 2.05) is 30.3 Å². The molecule has 0 atom stereocenters. The highest BCUT2D eigenvalue weighted by atomic mass is 79.9. The number of halogens is 2. The van der Waals surface area contributed by atoms with Crippen molar-refractivity contribution >= 4 is 43.5 Å². The van der Waals surface area contributed by atoms with E-state index in [4.69, 9.17) is 0 Å². The van der Waals surface area contributed by atoms with Crippen LogP contribution in [0.2, 0.25) is 0 Å². The summed E-state index contributed by atoms with van der Waals surface area (Å²) in [7, 11) is 0. The van der Waals surface area contributed by atoms with Crippen molar-refractivity contribution in [2.75, 3.05) is 0 Å². The van der Waals surface area contributed by atoms with Gasteiger partial charge in [0.25, 0.3) is 0 Å². The molecule has 0 aromatic heterocycles. The number of allylic oxidation sites excluding steroid dienone is 1. The molecule has 0 amide bonds. The van der Waals surface area contributed by atoms with E-state index in [0.29, 0.717) is 14.5 Å². The van der Waals surface area contributed by atoms with Gasteiger partial charge in [0.05, 0.1) is 20.6 Å². The maximum Gasteiger partial charge on any atom is 0.143 e. The lowest BCUT2D eigenvalue weighted by atomic mass is 10.0. The summed E-state index contributed by atoms with van der Waals surface area (Å²) in [5.74, 6) is 0.148. The van der Waals surface area contributed by atoms with Crippen LogP contribution in [0.1, 0.15) is 11.1 Å². The fourth-order valence-electron chi connectivity index (χ4n) is 1.63. The highest BCUT2D eigenvalue weighted by Gasteiger charge is 2.06. The van der Waals surface area contributed by atoms with Crippen molar-refractivity contribution in [2.45, 2.75) is 0 Å². The molecule has 4 heteroatoms. The Morgan fingerprint density at radius 2 is 1.68 bits per heavy atom. The maximum atomic E-state index is 9.66. The fourth-order valence-corrected chi connectivity index (χ4v) is 2.85. The minimum absolute atomic E-state index is 0.148. The van der Waals surface area contributed by atoms with E-state index in [9.17, 15) is 10.4 Å². The summed E-state index contributed by atoms with van der Waals surface area (Å²) in [4.78, 5) is 0. The number of hydrogen-bond acceptors (Lipinski definition) is 2. The van der Waals surface area contributed by atoms with E-state index < -0.39 is 0 Å². The molecule has 0 aliphatic carbocycles. The second-order valence-corrected chi connectivity index (χ2v) is 5.58. The largest absolute Gasteiger partial charge is 0.506 e. The first-order chi connectivity index (χ1) is 9.11. The Labute approximate surface area is 128 Å². The van der Waals surface area contributed by atoms with Crippen molar-refractivity contribution in [3.05, 3.63) is 62.5 Å². The molecule has 0 saturated carbocycles. The Hall–Kier alpha value is -1.57. The number of benzene rings is 2. The number of phenolic OH excluding ortho intramolecular Hbond substituents is 1. The van der Waals surface area contributed by atoms with Gasteiger partial charge in [0.1, 0.15) is 5.75 Å². The van der Waals surface area contributed by atoms with E-state index in [0.717, 1.165) is 11.1 Å². The van der Waals surface area contributed by atoms with Crippen LogP contribution in [0.3, 0.4) is 0 Å². The summed E-state index contributed by atoms with van der Waals surface area (Å²) in [5.41, 5.74) is 2.27. The van der Waals surface area contributed by atoms with E-state index in [1.54, 1.807) is 18.2 Å². The lowest BCUT2D eigenvalue weighted by Crippen LogP contribution is -1.82.